The van der Waals surface area contributed by atoms with Gasteiger partial charge >= 0.3 is 0 Å². The molecule has 0 unspecified atom stereocenters. The maximum absolute atomic E-state index is 11.5. The molecule has 0 aliphatic carbocycles. The number of rotatable bonds is 5. The predicted octanol–water partition coefficient (Wildman–Crippen LogP) is 3.28. The lowest BCUT2D eigenvalue weighted by molar-refractivity contribution is 0.101. The highest BCUT2D eigenvalue weighted by Gasteiger charge is 2.14. The summed E-state index contributed by atoms with van der Waals surface area (Å²) in [6.07, 6.45) is 3.49. The van der Waals surface area contributed by atoms with Crippen LogP contribution in [0.2, 0.25) is 5.02 Å². The summed E-state index contributed by atoms with van der Waals surface area (Å²) >= 11 is 6.02. The summed E-state index contributed by atoms with van der Waals surface area (Å²) in [5, 5.41) is 10.6. The van der Waals surface area contributed by atoms with Crippen LogP contribution in [0.1, 0.15) is 28.4 Å². The molecule has 0 aliphatic rings. The summed E-state index contributed by atoms with van der Waals surface area (Å²) in [6.45, 7) is 2.62. The van der Waals surface area contributed by atoms with E-state index >= 15 is 0 Å². The monoisotopic (exact) mass is 304 g/mol. The van der Waals surface area contributed by atoms with Crippen LogP contribution in [-0.2, 0) is 13.1 Å². The minimum Gasteiger partial charge on any atom is -0.507 e. The molecule has 1 aromatic carbocycles. The molecule has 0 aliphatic heterocycles. The van der Waals surface area contributed by atoms with E-state index < -0.39 is 0 Å². The van der Waals surface area contributed by atoms with Crippen molar-refractivity contribution in [3.05, 3.63) is 58.4 Å². The molecule has 0 radical (unpaired) electrons. The number of phenols is 1. The molecule has 110 valence electrons. The van der Waals surface area contributed by atoms with Gasteiger partial charge in [0.15, 0.2) is 5.78 Å². The number of hydrogen-bond donors (Lipinski definition) is 1. The quantitative estimate of drug-likeness (QED) is 0.861. The van der Waals surface area contributed by atoms with Crippen LogP contribution in [0, 0.1) is 0 Å². The van der Waals surface area contributed by atoms with E-state index in [4.69, 9.17) is 11.6 Å². The van der Waals surface area contributed by atoms with Gasteiger partial charge in [-0.25, -0.2) is 0 Å². The van der Waals surface area contributed by atoms with Gasteiger partial charge in [0.1, 0.15) is 5.75 Å². The number of hydrogen-bond acceptors (Lipinski definition) is 4. The summed E-state index contributed by atoms with van der Waals surface area (Å²) in [5.41, 5.74) is 2.03. The molecular formula is C16H17ClN2O2. The zero-order chi connectivity index (χ0) is 15.4. The van der Waals surface area contributed by atoms with Crippen LogP contribution in [0.15, 0.2) is 36.7 Å². The van der Waals surface area contributed by atoms with Crippen LogP contribution >= 0.6 is 11.6 Å². The molecule has 4 nitrogen and oxygen atoms in total. The molecule has 21 heavy (non-hydrogen) atoms. The van der Waals surface area contributed by atoms with Crippen molar-refractivity contribution in [1.29, 1.82) is 0 Å². The molecule has 5 heteroatoms. The Labute approximate surface area is 129 Å². The summed E-state index contributed by atoms with van der Waals surface area (Å²) in [4.78, 5) is 17.5. The van der Waals surface area contributed by atoms with Crippen LogP contribution < -0.4 is 0 Å². The van der Waals surface area contributed by atoms with Crippen molar-refractivity contribution in [3.63, 3.8) is 0 Å². The molecule has 0 fully saturated rings. The highest BCUT2D eigenvalue weighted by atomic mass is 35.5. The number of halogens is 1. The summed E-state index contributed by atoms with van der Waals surface area (Å²) < 4.78 is 0. The van der Waals surface area contributed by atoms with E-state index in [9.17, 15) is 9.90 Å². The smallest absolute Gasteiger partial charge is 0.163 e. The van der Waals surface area contributed by atoms with Crippen molar-refractivity contribution < 1.29 is 9.90 Å². The van der Waals surface area contributed by atoms with Gasteiger partial charge in [0.05, 0.1) is 5.56 Å². The fraction of sp³-hybridized carbons (Fsp3) is 0.250. The second kappa shape index (κ2) is 6.70. The lowest BCUT2D eigenvalue weighted by atomic mass is 10.1. The van der Waals surface area contributed by atoms with Crippen LogP contribution in [-0.4, -0.2) is 27.8 Å². The van der Waals surface area contributed by atoms with Crippen molar-refractivity contribution in [3.8, 4) is 5.75 Å². The minimum atomic E-state index is -0.201. The number of ketones is 1. The Bertz CT molecular complexity index is 644. The number of aromatic nitrogens is 1. The molecule has 1 heterocycles. The normalized spacial score (nSPS) is 10.9. The van der Waals surface area contributed by atoms with Crippen molar-refractivity contribution >= 4 is 17.4 Å². The number of pyridine rings is 1. The maximum Gasteiger partial charge on any atom is 0.163 e. The van der Waals surface area contributed by atoms with E-state index in [2.05, 4.69) is 4.98 Å². The third-order valence-corrected chi connectivity index (χ3v) is 3.39. The second-order valence-electron chi connectivity index (χ2n) is 5.05. The molecule has 0 bridgehead atoms. The van der Waals surface area contributed by atoms with Crippen molar-refractivity contribution in [2.24, 2.45) is 0 Å². The van der Waals surface area contributed by atoms with Gasteiger partial charge in [-0.15, -0.1) is 0 Å². The molecule has 0 saturated heterocycles. The van der Waals surface area contributed by atoms with Gasteiger partial charge in [0.2, 0.25) is 0 Å². The van der Waals surface area contributed by atoms with E-state index in [1.54, 1.807) is 18.5 Å². The SMILES string of the molecule is CC(=O)c1cc(Cl)cc(CN(C)Cc2ccncc2)c1O. The molecule has 2 aromatic rings. The number of carbonyl (C=O) groups is 1. The highest BCUT2D eigenvalue weighted by molar-refractivity contribution is 6.31. The van der Waals surface area contributed by atoms with E-state index in [0.29, 0.717) is 23.7 Å². The Balaban J connectivity index is 2.17. The number of Topliss-reactive ketones (excluding diaryl/α,β-unsaturated/α-hetero) is 1. The average Bonchev–Trinajstić information content (AvgIpc) is 2.43. The van der Waals surface area contributed by atoms with Gasteiger partial charge in [-0.05, 0) is 43.8 Å². The Morgan fingerprint density at radius 3 is 2.57 bits per heavy atom. The number of benzene rings is 1. The first-order valence-corrected chi connectivity index (χ1v) is 6.95. The van der Waals surface area contributed by atoms with Gasteiger partial charge in [-0.3, -0.25) is 14.7 Å². The zero-order valence-electron chi connectivity index (χ0n) is 12.0. The van der Waals surface area contributed by atoms with Crippen LogP contribution in [0.3, 0.4) is 0 Å². The van der Waals surface area contributed by atoms with Crippen LogP contribution in [0.4, 0.5) is 0 Å². The molecule has 1 N–H and O–H groups in total. The molecule has 2 rings (SSSR count). The summed E-state index contributed by atoms with van der Waals surface area (Å²) in [6, 6.07) is 7.06. The average molecular weight is 305 g/mol. The van der Waals surface area contributed by atoms with E-state index in [1.165, 1.54) is 13.0 Å². The van der Waals surface area contributed by atoms with Crippen LogP contribution in [0.5, 0.6) is 5.75 Å². The fourth-order valence-electron chi connectivity index (χ4n) is 2.19. The minimum absolute atomic E-state index is 0.00785. The standard InChI is InChI=1S/C16H17ClN2O2/c1-11(20)15-8-14(17)7-13(16(15)21)10-19(2)9-12-3-5-18-6-4-12/h3-8,21H,9-10H2,1-2H3. The predicted molar refractivity (Wildman–Crippen MR) is 82.5 cm³/mol. The number of nitrogens with zero attached hydrogens (tertiary/aromatic N) is 2. The number of aromatic hydroxyl groups is 1. The van der Waals surface area contributed by atoms with E-state index in [-0.39, 0.29) is 17.1 Å². The van der Waals surface area contributed by atoms with Gasteiger partial charge in [0, 0.05) is 36.1 Å². The van der Waals surface area contributed by atoms with Crippen molar-refractivity contribution in [2.75, 3.05) is 7.05 Å². The van der Waals surface area contributed by atoms with E-state index in [0.717, 1.165) is 5.56 Å². The van der Waals surface area contributed by atoms with Gasteiger partial charge in [0.25, 0.3) is 0 Å². The molecule has 0 atom stereocenters. The molecular weight excluding hydrogens is 288 g/mol. The zero-order valence-corrected chi connectivity index (χ0v) is 12.8. The lowest BCUT2D eigenvalue weighted by Crippen LogP contribution is -2.17. The largest absolute Gasteiger partial charge is 0.507 e. The number of carbonyl (C=O) groups excluding carboxylic acids is 1. The molecule has 1 aromatic heterocycles. The van der Waals surface area contributed by atoms with Crippen molar-refractivity contribution in [1.82, 2.24) is 9.88 Å². The first-order valence-electron chi connectivity index (χ1n) is 6.57. The molecule has 0 amide bonds. The third kappa shape index (κ3) is 4.03. The Morgan fingerprint density at radius 2 is 1.95 bits per heavy atom. The first kappa shape index (κ1) is 15.5. The maximum atomic E-state index is 11.5. The van der Waals surface area contributed by atoms with Gasteiger partial charge < -0.3 is 5.11 Å². The lowest BCUT2D eigenvalue weighted by Gasteiger charge is -2.18. The Kier molecular flexibility index (Phi) is 4.94. The van der Waals surface area contributed by atoms with E-state index in [1.807, 2.05) is 24.1 Å². The highest BCUT2D eigenvalue weighted by Crippen LogP contribution is 2.28. The topological polar surface area (TPSA) is 53.4 Å². The van der Waals surface area contributed by atoms with Gasteiger partial charge in [-0.2, -0.15) is 0 Å². The second-order valence-corrected chi connectivity index (χ2v) is 5.48. The van der Waals surface area contributed by atoms with Gasteiger partial charge in [-0.1, -0.05) is 11.6 Å². The summed E-state index contributed by atoms with van der Waals surface area (Å²) in [5.74, 6) is -0.193. The first-order chi connectivity index (χ1) is 9.97. The summed E-state index contributed by atoms with van der Waals surface area (Å²) in [7, 11) is 1.94. The van der Waals surface area contributed by atoms with Crippen LogP contribution in [0.25, 0.3) is 0 Å². The molecule has 0 spiro atoms. The van der Waals surface area contributed by atoms with Crippen molar-refractivity contribution in [2.45, 2.75) is 20.0 Å². The number of phenolic OH excluding ortho intramolecular Hbond substituents is 1. The molecule has 0 saturated carbocycles. The fourth-order valence-corrected chi connectivity index (χ4v) is 2.43. The Hall–Kier alpha value is -1.91. The third-order valence-electron chi connectivity index (χ3n) is 3.18. The Morgan fingerprint density at radius 1 is 1.29 bits per heavy atom.